The number of aliphatic hydroxyl groups excluding tert-OH is 3. The van der Waals surface area contributed by atoms with Crippen LogP contribution in [0, 0.1) is 0 Å². The molecular weight excluding hydrogens is 765 g/mol. The minimum Gasteiger partial charge on any atom is -0.457 e. The Hall–Kier alpha value is -1.16. The number of aliphatic hydroxyl groups is 3. The smallest absolute Gasteiger partial charge is 0.397 e. The van der Waals surface area contributed by atoms with E-state index in [1.807, 2.05) is 0 Å². The highest BCUT2D eigenvalue weighted by Crippen LogP contribution is 2.26. The van der Waals surface area contributed by atoms with Crippen molar-refractivity contribution < 1.29 is 56.2 Å². The third-order valence-electron chi connectivity index (χ3n) is 10.9. The maximum atomic E-state index is 12.8. The van der Waals surface area contributed by atoms with E-state index in [9.17, 15) is 28.5 Å². The van der Waals surface area contributed by atoms with Gasteiger partial charge in [0.05, 0.1) is 19.8 Å². The number of carbonyl (C=O) groups is 1. The van der Waals surface area contributed by atoms with Crippen LogP contribution in [0.15, 0.2) is 12.2 Å². The summed E-state index contributed by atoms with van der Waals surface area (Å²) < 4.78 is 58.9. The lowest BCUT2D eigenvalue weighted by molar-refractivity contribution is -0.301. The van der Waals surface area contributed by atoms with Crippen molar-refractivity contribution in [2.45, 2.75) is 243 Å². The minimum absolute atomic E-state index is 0.0402. The highest BCUT2D eigenvalue weighted by atomic mass is 32.3. The second kappa shape index (κ2) is 37.6. The van der Waals surface area contributed by atoms with E-state index in [0.29, 0.717) is 13.0 Å². The second-order valence-corrected chi connectivity index (χ2v) is 17.4. The summed E-state index contributed by atoms with van der Waals surface area (Å²) in [4.78, 5) is 12.8. The predicted octanol–water partition coefficient (Wildman–Crippen LogP) is 9.86. The Balaban J connectivity index is 2.29. The predicted molar refractivity (Wildman–Crippen MR) is 230 cm³/mol. The Morgan fingerprint density at radius 1 is 0.638 bits per heavy atom. The van der Waals surface area contributed by atoms with Crippen LogP contribution in [-0.2, 0) is 38.3 Å². The molecular formula is C45H86O12S. The Labute approximate surface area is 353 Å². The molecule has 0 aromatic carbocycles. The fourth-order valence-electron chi connectivity index (χ4n) is 7.32. The van der Waals surface area contributed by atoms with E-state index in [2.05, 4.69) is 30.2 Å². The van der Waals surface area contributed by atoms with Gasteiger partial charge in [-0.1, -0.05) is 174 Å². The lowest BCUT2D eigenvalue weighted by atomic mass is 9.99. The van der Waals surface area contributed by atoms with Crippen molar-refractivity contribution in [3.63, 3.8) is 0 Å². The number of ether oxygens (including phenoxy) is 4. The fourth-order valence-corrected chi connectivity index (χ4v) is 7.82. The zero-order valence-corrected chi connectivity index (χ0v) is 37.4. The monoisotopic (exact) mass is 851 g/mol. The first-order valence-electron chi connectivity index (χ1n) is 23.4. The van der Waals surface area contributed by atoms with Gasteiger partial charge in [-0.3, -0.25) is 9.35 Å². The molecule has 13 heteroatoms. The number of rotatable bonds is 41. The van der Waals surface area contributed by atoms with E-state index in [-0.39, 0.29) is 19.6 Å². The molecule has 0 aromatic heterocycles. The molecule has 0 saturated carbocycles. The zero-order valence-electron chi connectivity index (χ0n) is 36.6. The normalized spacial score (nSPS) is 20.6. The third kappa shape index (κ3) is 30.8. The van der Waals surface area contributed by atoms with Crippen LogP contribution in [0.3, 0.4) is 0 Å². The molecule has 1 rings (SSSR count). The molecule has 0 aromatic rings. The molecule has 0 amide bonds. The van der Waals surface area contributed by atoms with Crippen molar-refractivity contribution >= 4 is 16.4 Å². The van der Waals surface area contributed by atoms with Gasteiger partial charge in [0.2, 0.25) is 0 Å². The molecule has 0 aliphatic carbocycles. The molecule has 1 heterocycles. The van der Waals surface area contributed by atoms with Gasteiger partial charge in [0, 0.05) is 13.0 Å². The van der Waals surface area contributed by atoms with Gasteiger partial charge < -0.3 is 34.3 Å². The van der Waals surface area contributed by atoms with E-state index < -0.39 is 59.8 Å². The number of allylic oxidation sites excluding steroid dienone is 2. The van der Waals surface area contributed by atoms with Crippen molar-refractivity contribution in [2.75, 3.05) is 26.4 Å². The summed E-state index contributed by atoms with van der Waals surface area (Å²) in [6.07, 6.45) is 31.3. The fraction of sp³-hybridized carbons (Fsp3) is 0.933. The average molecular weight is 851 g/mol. The molecule has 6 atom stereocenters. The van der Waals surface area contributed by atoms with Gasteiger partial charge in [-0.25, -0.2) is 4.18 Å². The molecule has 0 spiro atoms. The van der Waals surface area contributed by atoms with Crippen molar-refractivity contribution in [3.8, 4) is 0 Å². The molecule has 12 nitrogen and oxygen atoms in total. The topological polar surface area (TPSA) is 178 Å². The summed E-state index contributed by atoms with van der Waals surface area (Å²) in [7, 11) is -5.05. The van der Waals surface area contributed by atoms with Crippen LogP contribution < -0.4 is 0 Å². The molecule has 0 radical (unpaired) electrons. The largest absolute Gasteiger partial charge is 0.457 e. The van der Waals surface area contributed by atoms with Gasteiger partial charge in [-0.15, -0.1) is 0 Å². The third-order valence-corrected chi connectivity index (χ3v) is 11.4. The first-order chi connectivity index (χ1) is 28.1. The minimum atomic E-state index is -5.05. The van der Waals surface area contributed by atoms with Crippen LogP contribution >= 0.6 is 0 Å². The molecule has 6 unspecified atom stereocenters. The molecule has 1 fully saturated rings. The van der Waals surface area contributed by atoms with Gasteiger partial charge in [0.1, 0.15) is 30.5 Å². The van der Waals surface area contributed by atoms with Crippen LogP contribution in [0.5, 0.6) is 0 Å². The number of carbonyl (C=O) groups excluding carboxylic acids is 1. The Morgan fingerprint density at radius 2 is 1.09 bits per heavy atom. The van der Waals surface area contributed by atoms with Crippen LogP contribution in [0.4, 0.5) is 0 Å². The van der Waals surface area contributed by atoms with Crippen LogP contribution in [0.1, 0.15) is 206 Å². The molecule has 1 saturated heterocycles. The summed E-state index contributed by atoms with van der Waals surface area (Å²) in [5.74, 6) is -0.399. The summed E-state index contributed by atoms with van der Waals surface area (Å²) in [6.45, 7) is 3.98. The highest BCUT2D eigenvalue weighted by molar-refractivity contribution is 7.80. The summed E-state index contributed by atoms with van der Waals surface area (Å²) in [6, 6.07) is 0. The average Bonchev–Trinajstić information content (AvgIpc) is 3.19. The van der Waals surface area contributed by atoms with Gasteiger partial charge >= 0.3 is 16.4 Å². The lowest BCUT2D eigenvalue weighted by Gasteiger charge is -2.41. The van der Waals surface area contributed by atoms with Gasteiger partial charge in [0.15, 0.2) is 6.29 Å². The van der Waals surface area contributed by atoms with Gasteiger partial charge in [0.25, 0.3) is 0 Å². The van der Waals surface area contributed by atoms with E-state index in [0.717, 1.165) is 38.5 Å². The molecule has 4 N–H and O–H groups in total. The molecule has 58 heavy (non-hydrogen) atoms. The standard InChI is InChI=1S/C45H86O12S/c1-3-5-7-9-11-13-14-15-16-17-18-19-20-21-22-23-24-25-26-27-28-30-32-34-41(47)55-39(37-53-35-33-31-29-12-10-8-6-4-2)38-54-45-43(49)44(57-58(50,51)52)42(48)40(36-46)56-45/h17-18,39-40,42-46,48-49H,3-16,19-38H2,1-2H3,(H,50,51,52)/b18-17-. The van der Waals surface area contributed by atoms with Crippen molar-refractivity contribution in [2.24, 2.45) is 0 Å². The Bertz CT molecular complexity index is 1070. The SMILES string of the molecule is CCCCCCCCCC/C=C\CCCCCCCCCCCCCC(=O)OC(COCCCCCCCCCC)COC1OC(CO)C(O)C(OS(=O)(=O)O)C1O. The first-order valence-corrected chi connectivity index (χ1v) is 24.8. The van der Waals surface area contributed by atoms with Crippen molar-refractivity contribution in [1.29, 1.82) is 0 Å². The summed E-state index contributed by atoms with van der Waals surface area (Å²) in [5.41, 5.74) is 0. The van der Waals surface area contributed by atoms with Gasteiger partial charge in [-0.2, -0.15) is 8.42 Å². The maximum absolute atomic E-state index is 12.8. The Kier molecular flexibility index (Phi) is 35.6. The number of unbranched alkanes of at least 4 members (excludes halogenated alkanes) is 26. The van der Waals surface area contributed by atoms with Crippen molar-refractivity contribution in [1.82, 2.24) is 0 Å². The van der Waals surface area contributed by atoms with Gasteiger partial charge in [-0.05, 0) is 38.5 Å². The molecule has 344 valence electrons. The molecule has 1 aliphatic heterocycles. The van der Waals surface area contributed by atoms with Crippen molar-refractivity contribution in [3.05, 3.63) is 12.2 Å². The van der Waals surface area contributed by atoms with E-state index in [1.54, 1.807) is 0 Å². The summed E-state index contributed by atoms with van der Waals surface area (Å²) >= 11 is 0. The van der Waals surface area contributed by atoms with E-state index in [4.69, 9.17) is 23.5 Å². The van der Waals surface area contributed by atoms with E-state index >= 15 is 0 Å². The number of esters is 1. The Morgan fingerprint density at radius 3 is 1.55 bits per heavy atom. The number of hydrogen-bond donors (Lipinski definition) is 4. The molecule has 0 bridgehead atoms. The first kappa shape index (κ1) is 54.9. The van der Waals surface area contributed by atoms with Crippen LogP contribution in [0.2, 0.25) is 0 Å². The molecule has 1 aliphatic rings. The van der Waals surface area contributed by atoms with Crippen LogP contribution in [-0.4, -0.2) is 97.5 Å². The van der Waals surface area contributed by atoms with E-state index in [1.165, 1.54) is 141 Å². The zero-order chi connectivity index (χ0) is 42.5. The maximum Gasteiger partial charge on any atom is 0.397 e. The summed E-state index contributed by atoms with van der Waals surface area (Å²) in [5, 5.41) is 30.6. The quantitative estimate of drug-likeness (QED) is 0.0198. The number of hydrogen-bond acceptors (Lipinski definition) is 11. The second-order valence-electron chi connectivity index (χ2n) is 16.4. The highest BCUT2D eigenvalue weighted by Gasteiger charge is 2.48. The van der Waals surface area contributed by atoms with Crippen LogP contribution in [0.25, 0.3) is 0 Å². The lowest BCUT2D eigenvalue weighted by Crippen LogP contribution is -2.60.